The third-order valence-electron chi connectivity index (χ3n) is 11.6. The molecule has 6 heteroatoms. The molecule has 0 rings (SSSR count). The zero-order chi connectivity index (χ0) is 47.9. The fraction of sp³-hybridized carbons (Fsp3) is 0.717. The van der Waals surface area contributed by atoms with Crippen molar-refractivity contribution in [3.63, 3.8) is 0 Å². The second-order valence-corrected chi connectivity index (χ2v) is 18.2. The maximum atomic E-state index is 12.8. The Morgan fingerprint density at radius 1 is 0.318 bits per heavy atom. The summed E-state index contributed by atoms with van der Waals surface area (Å²) in [5.74, 6) is -0.970. The SMILES string of the molecule is CCCCC/C=C\C=C/CCCCCCCCCCCCC(=O)OCC(COC(=O)CCCCCCC/C=C\CCCCC)OC(=O)CCC/C=C\C/C=C\C/C=C\C/C=C\CCCCC. The fourth-order valence-electron chi connectivity index (χ4n) is 7.42. The first-order chi connectivity index (χ1) is 32.5. The molecule has 0 radical (unpaired) electrons. The highest BCUT2D eigenvalue weighted by Crippen LogP contribution is 2.14. The number of carbonyl (C=O) groups is 3. The number of hydrogen-bond donors (Lipinski definition) is 0. The minimum Gasteiger partial charge on any atom is -0.462 e. The Morgan fingerprint density at radius 3 is 1.00 bits per heavy atom. The summed E-state index contributed by atoms with van der Waals surface area (Å²) in [6.45, 7) is 6.51. The number of ether oxygens (including phenoxy) is 3. The lowest BCUT2D eigenvalue weighted by atomic mass is 10.1. The van der Waals surface area contributed by atoms with E-state index < -0.39 is 6.10 Å². The van der Waals surface area contributed by atoms with E-state index in [1.165, 1.54) is 135 Å². The maximum absolute atomic E-state index is 12.8. The maximum Gasteiger partial charge on any atom is 0.306 e. The molecule has 0 spiro atoms. The molecule has 1 unspecified atom stereocenters. The van der Waals surface area contributed by atoms with E-state index in [2.05, 4.69) is 106 Å². The van der Waals surface area contributed by atoms with Gasteiger partial charge in [-0.1, -0.05) is 215 Å². The zero-order valence-electron chi connectivity index (χ0n) is 43.2. The van der Waals surface area contributed by atoms with Crippen LogP contribution in [0.25, 0.3) is 0 Å². The van der Waals surface area contributed by atoms with Crippen molar-refractivity contribution in [3.05, 3.63) is 85.1 Å². The Morgan fingerprint density at radius 2 is 0.606 bits per heavy atom. The third-order valence-corrected chi connectivity index (χ3v) is 11.6. The van der Waals surface area contributed by atoms with Gasteiger partial charge in [0.05, 0.1) is 0 Å². The number of hydrogen-bond acceptors (Lipinski definition) is 6. The molecule has 0 aromatic heterocycles. The average Bonchev–Trinajstić information content (AvgIpc) is 3.31. The van der Waals surface area contributed by atoms with Crippen LogP contribution in [0.1, 0.15) is 258 Å². The van der Waals surface area contributed by atoms with E-state index in [-0.39, 0.29) is 37.5 Å². The molecule has 0 aliphatic carbocycles. The van der Waals surface area contributed by atoms with E-state index >= 15 is 0 Å². The van der Waals surface area contributed by atoms with Crippen LogP contribution in [-0.4, -0.2) is 37.2 Å². The highest BCUT2D eigenvalue weighted by atomic mass is 16.6. The van der Waals surface area contributed by atoms with Gasteiger partial charge < -0.3 is 14.2 Å². The van der Waals surface area contributed by atoms with Crippen LogP contribution in [0.2, 0.25) is 0 Å². The summed E-state index contributed by atoms with van der Waals surface area (Å²) in [6.07, 6.45) is 70.0. The summed E-state index contributed by atoms with van der Waals surface area (Å²) >= 11 is 0. The molecule has 0 aliphatic rings. The van der Waals surface area contributed by atoms with E-state index in [0.717, 1.165) is 77.0 Å². The molecule has 0 bridgehead atoms. The largest absolute Gasteiger partial charge is 0.462 e. The van der Waals surface area contributed by atoms with Crippen LogP contribution >= 0.6 is 0 Å². The molecule has 0 aromatic carbocycles. The van der Waals surface area contributed by atoms with Gasteiger partial charge in [0.15, 0.2) is 6.10 Å². The zero-order valence-corrected chi connectivity index (χ0v) is 43.2. The molecule has 0 N–H and O–H groups in total. The van der Waals surface area contributed by atoms with Crippen molar-refractivity contribution in [3.8, 4) is 0 Å². The normalized spacial score (nSPS) is 12.7. The van der Waals surface area contributed by atoms with E-state index in [1.807, 2.05) is 0 Å². The van der Waals surface area contributed by atoms with E-state index in [0.29, 0.717) is 19.3 Å². The number of esters is 3. The molecular formula is C60H102O6. The average molecular weight is 919 g/mol. The molecule has 0 heterocycles. The van der Waals surface area contributed by atoms with Crippen LogP contribution in [0.5, 0.6) is 0 Å². The van der Waals surface area contributed by atoms with Crippen LogP contribution < -0.4 is 0 Å². The van der Waals surface area contributed by atoms with Gasteiger partial charge in [-0.2, -0.15) is 0 Å². The van der Waals surface area contributed by atoms with Crippen molar-refractivity contribution < 1.29 is 28.6 Å². The molecule has 0 aromatic rings. The molecule has 378 valence electrons. The Kier molecular flexibility index (Phi) is 51.4. The predicted molar refractivity (Wildman–Crippen MR) is 284 cm³/mol. The smallest absolute Gasteiger partial charge is 0.306 e. The van der Waals surface area contributed by atoms with Gasteiger partial charge in [-0.25, -0.2) is 0 Å². The van der Waals surface area contributed by atoms with Gasteiger partial charge in [0.25, 0.3) is 0 Å². The Hall–Kier alpha value is -3.41. The summed E-state index contributed by atoms with van der Waals surface area (Å²) in [7, 11) is 0. The van der Waals surface area contributed by atoms with Crippen LogP contribution in [0.15, 0.2) is 85.1 Å². The summed E-state index contributed by atoms with van der Waals surface area (Å²) < 4.78 is 16.8. The van der Waals surface area contributed by atoms with E-state index in [1.54, 1.807) is 0 Å². The second kappa shape index (κ2) is 54.2. The minimum absolute atomic E-state index is 0.103. The van der Waals surface area contributed by atoms with E-state index in [9.17, 15) is 14.4 Å². The first kappa shape index (κ1) is 62.6. The number of carbonyl (C=O) groups excluding carboxylic acids is 3. The van der Waals surface area contributed by atoms with Gasteiger partial charge in [-0.05, 0) is 109 Å². The molecule has 0 aliphatic heterocycles. The predicted octanol–water partition coefficient (Wildman–Crippen LogP) is 18.4. The van der Waals surface area contributed by atoms with Crippen molar-refractivity contribution in [1.29, 1.82) is 0 Å². The molecule has 66 heavy (non-hydrogen) atoms. The highest BCUT2D eigenvalue weighted by Gasteiger charge is 2.19. The lowest BCUT2D eigenvalue weighted by molar-refractivity contribution is -0.167. The van der Waals surface area contributed by atoms with Crippen molar-refractivity contribution >= 4 is 17.9 Å². The van der Waals surface area contributed by atoms with Crippen LogP contribution in [0, 0.1) is 0 Å². The van der Waals surface area contributed by atoms with Crippen molar-refractivity contribution in [2.75, 3.05) is 13.2 Å². The quantitative estimate of drug-likeness (QED) is 0.0199. The van der Waals surface area contributed by atoms with Gasteiger partial charge in [0.1, 0.15) is 13.2 Å². The summed E-state index contributed by atoms with van der Waals surface area (Å²) in [4.78, 5) is 38.0. The summed E-state index contributed by atoms with van der Waals surface area (Å²) in [5.41, 5.74) is 0. The lowest BCUT2D eigenvalue weighted by Crippen LogP contribution is -2.30. The number of allylic oxidation sites excluding steroid dienone is 14. The van der Waals surface area contributed by atoms with Gasteiger partial charge in [-0.3, -0.25) is 14.4 Å². The molecular weight excluding hydrogens is 817 g/mol. The van der Waals surface area contributed by atoms with Gasteiger partial charge >= 0.3 is 17.9 Å². The molecule has 0 amide bonds. The van der Waals surface area contributed by atoms with Gasteiger partial charge in [-0.15, -0.1) is 0 Å². The molecule has 0 saturated carbocycles. The molecule has 6 nitrogen and oxygen atoms in total. The van der Waals surface area contributed by atoms with Crippen molar-refractivity contribution in [2.24, 2.45) is 0 Å². The first-order valence-corrected chi connectivity index (χ1v) is 27.6. The van der Waals surface area contributed by atoms with E-state index in [4.69, 9.17) is 14.2 Å². The molecule has 1 atom stereocenters. The fourth-order valence-corrected chi connectivity index (χ4v) is 7.42. The lowest BCUT2D eigenvalue weighted by Gasteiger charge is -2.18. The van der Waals surface area contributed by atoms with Crippen molar-refractivity contribution in [1.82, 2.24) is 0 Å². The molecule has 0 saturated heterocycles. The Balaban J connectivity index is 4.45. The van der Waals surface area contributed by atoms with Gasteiger partial charge in [0.2, 0.25) is 0 Å². The topological polar surface area (TPSA) is 78.9 Å². The second-order valence-electron chi connectivity index (χ2n) is 18.2. The standard InChI is InChI=1S/C60H102O6/c1-4-7-10-13-16-19-22-25-27-29-30-32-33-35-38-41-44-47-50-53-59(62)65-56-57(55-64-58(61)52-49-46-43-40-37-24-21-18-15-12-9-6-3)66-60(63)54-51-48-45-42-39-36-34-31-28-26-23-20-17-14-11-8-5-2/h16-22,25-26,28,34,36,42,45,57H,4-15,23-24,27,29-33,35,37-41,43-44,46-56H2,1-3H3/b19-16-,20-17-,21-18-,25-22-,28-26-,36-34-,45-42-. The number of rotatable bonds is 49. The summed E-state index contributed by atoms with van der Waals surface area (Å²) in [5, 5.41) is 0. The van der Waals surface area contributed by atoms with Crippen molar-refractivity contribution in [2.45, 2.75) is 264 Å². The molecule has 0 fully saturated rings. The third kappa shape index (κ3) is 51.6. The monoisotopic (exact) mass is 919 g/mol. The number of unbranched alkanes of at least 4 members (excludes halogenated alkanes) is 25. The highest BCUT2D eigenvalue weighted by molar-refractivity contribution is 5.71. The Labute approximate surface area is 407 Å². The minimum atomic E-state index is -0.810. The summed E-state index contributed by atoms with van der Waals surface area (Å²) in [6, 6.07) is 0. The van der Waals surface area contributed by atoms with Crippen LogP contribution in [-0.2, 0) is 28.6 Å². The van der Waals surface area contributed by atoms with Crippen LogP contribution in [0.3, 0.4) is 0 Å². The van der Waals surface area contributed by atoms with Crippen LogP contribution in [0.4, 0.5) is 0 Å². The Bertz CT molecular complexity index is 1290. The van der Waals surface area contributed by atoms with Gasteiger partial charge in [0, 0.05) is 19.3 Å². The first-order valence-electron chi connectivity index (χ1n) is 27.6.